The van der Waals surface area contributed by atoms with Gasteiger partial charge < -0.3 is 39.3 Å². The lowest BCUT2D eigenvalue weighted by Gasteiger charge is -2.32. The number of hydrogen-bond donors (Lipinski definition) is 2. The molecular formula is C29H45NO11. The Kier molecular flexibility index (Phi) is 14.4. The zero-order valence-electron chi connectivity index (χ0n) is 25.4. The van der Waals surface area contributed by atoms with E-state index in [-0.39, 0.29) is 17.4 Å². The van der Waals surface area contributed by atoms with Gasteiger partial charge in [0.1, 0.15) is 30.5 Å². The van der Waals surface area contributed by atoms with Crippen LogP contribution in [0.15, 0.2) is 18.2 Å². The van der Waals surface area contributed by atoms with Crippen LogP contribution in [0.4, 0.5) is 14.4 Å². The molecule has 0 heterocycles. The minimum absolute atomic E-state index is 0.0667. The van der Waals surface area contributed by atoms with Gasteiger partial charge in [-0.25, -0.2) is 14.4 Å². The van der Waals surface area contributed by atoms with E-state index in [1.807, 2.05) is 27.7 Å². The molecule has 0 aromatic heterocycles. The normalized spacial score (nSPS) is 16.3. The van der Waals surface area contributed by atoms with Gasteiger partial charge in [0, 0.05) is 11.8 Å². The number of ether oxygens (including phenoxy) is 6. The fourth-order valence-corrected chi connectivity index (χ4v) is 3.48. The number of carboxylic acid groups (broad SMARTS) is 1. The average molecular weight is 584 g/mol. The first-order valence-corrected chi connectivity index (χ1v) is 13.9. The summed E-state index contributed by atoms with van der Waals surface area (Å²) in [4.78, 5) is 49.1. The molecule has 0 aliphatic heterocycles. The number of carboxylic acids is 1. The van der Waals surface area contributed by atoms with Gasteiger partial charge in [-0.2, -0.15) is 0 Å². The topological polar surface area (TPSA) is 170 Å². The van der Waals surface area contributed by atoms with Crippen molar-refractivity contribution in [2.24, 2.45) is 17.6 Å². The molecule has 3 N–H and O–H groups in total. The van der Waals surface area contributed by atoms with Crippen molar-refractivity contribution in [3.8, 4) is 11.5 Å². The maximum Gasteiger partial charge on any atom is 0.514 e. The van der Waals surface area contributed by atoms with Crippen molar-refractivity contribution in [3.63, 3.8) is 0 Å². The van der Waals surface area contributed by atoms with E-state index in [0.29, 0.717) is 18.4 Å². The lowest BCUT2D eigenvalue weighted by molar-refractivity contribution is -0.139. The summed E-state index contributed by atoms with van der Waals surface area (Å²) in [5, 5.41) is 9.78. The van der Waals surface area contributed by atoms with Crippen molar-refractivity contribution in [1.29, 1.82) is 0 Å². The molecule has 0 aliphatic carbocycles. The van der Waals surface area contributed by atoms with E-state index in [1.54, 1.807) is 34.6 Å². The number of benzene rings is 1. The summed E-state index contributed by atoms with van der Waals surface area (Å²) in [5.41, 5.74) is 6.42. The van der Waals surface area contributed by atoms with Crippen LogP contribution in [-0.2, 0) is 23.7 Å². The molecule has 232 valence electrons. The molecule has 0 amide bonds. The molecule has 0 bridgehead atoms. The van der Waals surface area contributed by atoms with Crippen molar-refractivity contribution in [2.75, 3.05) is 0 Å². The van der Waals surface area contributed by atoms with Crippen LogP contribution >= 0.6 is 0 Å². The van der Waals surface area contributed by atoms with E-state index in [1.165, 1.54) is 18.2 Å². The van der Waals surface area contributed by atoms with Gasteiger partial charge in [0.2, 0.25) is 0 Å². The Bertz CT molecular complexity index is 1030. The van der Waals surface area contributed by atoms with Crippen LogP contribution in [0, 0.1) is 11.8 Å². The minimum Gasteiger partial charge on any atom is -0.480 e. The third kappa shape index (κ3) is 11.5. The molecule has 1 aromatic carbocycles. The number of hydrogen-bond acceptors (Lipinski definition) is 11. The van der Waals surface area contributed by atoms with Crippen LogP contribution in [0.25, 0.3) is 0 Å². The van der Waals surface area contributed by atoms with Gasteiger partial charge in [0.05, 0.1) is 0 Å². The smallest absolute Gasteiger partial charge is 0.480 e. The Morgan fingerprint density at radius 2 is 1.22 bits per heavy atom. The quantitative estimate of drug-likeness (QED) is 0.148. The Balaban J connectivity index is 3.42. The molecule has 7 atom stereocenters. The van der Waals surface area contributed by atoms with E-state index in [2.05, 4.69) is 0 Å². The van der Waals surface area contributed by atoms with Crippen molar-refractivity contribution in [3.05, 3.63) is 23.8 Å². The zero-order chi connectivity index (χ0) is 31.4. The molecule has 6 unspecified atom stereocenters. The van der Waals surface area contributed by atoms with Gasteiger partial charge in [-0.05, 0) is 64.2 Å². The van der Waals surface area contributed by atoms with Gasteiger partial charge >= 0.3 is 24.4 Å². The van der Waals surface area contributed by atoms with Crippen molar-refractivity contribution >= 4 is 24.4 Å². The second-order valence-corrected chi connectivity index (χ2v) is 10.5. The highest BCUT2D eigenvalue weighted by molar-refractivity contribution is 5.75. The Morgan fingerprint density at radius 3 is 1.68 bits per heavy atom. The summed E-state index contributed by atoms with van der Waals surface area (Å²) in [5.74, 6) is -3.20. The Labute approximate surface area is 241 Å². The van der Waals surface area contributed by atoms with E-state index in [0.717, 1.165) is 0 Å². The van der Waals surface area contributed by atoms with Crippen LogP contribution in [-0.4, -0.2) is 60.0 Å². The first-order valence-electron chi connectivity index (χ1n) is 13.9. The summed E-state index contributed by atoms with van der Waals surface area (Å²) in [6, 6.07) is 2.70. The van der Waals surface area contributed by atoms with Crippen LogP contribution < -0.4 is 15.2 Å². The summed E-state index contributed by atoms with van der Waals surface area (Å²) in [6.07, 6.45) is -3.97. The second kappa shape index (κ2) is 16.7. The van der Waals surface area contributed by atoms with Gasteiger partial charge in [0.15, 0.2) is 11.5 Å². The molecule has 1 rings (SSSR count). The summed E-state index contributed by atoms with van der Waals surface area (Å²) in [7, 11) is 0. The van der Waals surface area contributed by atoms with Crippen LogP contribution in [0.5, 0.6) is 11.5 Å². The standard InChI is InChI=1S/C29H45NO11/c1-10-16(5)36-27(33)40-22-13-12-21(14-23(22)41-28(34)37-17(6)11-2)24(25(30)26(31)32)18(7)20(9)39-29(35)38-19(8)15(3)4/h12-20,24-25H,10-11,30H2,1-9H3,(H,31,32)/t16?,17?,18?,19?,20?,24?,25-/m0/s1. The highest BCUT2D eigenvalue weighted by atomic mass is 16.8. The number of rotatable bonds is 14. The predicted molar refractivity (Wildman–Crippen MR) is 149 cm³/mol. The molecule has 12 nitrogen and oxygen atoms in total. The number of carbonyl (C=O) groups is 4. The van der Waals surface area contributed by atoms with Crippen molar-refractivity contribution < 1.29 is 52.7 Å². The number of aliphatic carboxylic acids is 1. The lowest BCUT2D eigenvalue weighted by Crippen LogP contribution is -2.43. The van der Waals surface area contributed by atoms with E-state index < -0.39 is 66.7 Å². The monoisotopic (exact) mass is 583 g/mol. The van der Waals surface area contributed by atoms with Crippen molar-refractivity contribution in [1.82, 2.24) is 0 Å². The molecule has 0 fully saturated rings. The Hall–Kier alpha value is -3.54. The van der Waals surface area contributed by atoms with Crippen LogP contribution in [0.1, 0.15) is 86.6 Å². The SMILES string of the molecule is CCC(C)OC(=O)Oc1ccc(C(C(C)C(C)OC(=O)OC(C)C(C)C)[C@H](N)C(=O)O)cc1OC(=O)OC(C)CC. The maximum absolute atomic E-state index is 12.5. The van der Waals surface area contributed by atoms with Crippen molar-refractivity contribution in [2.45, 2.75) is 112 Å². The maximum atomic E-state index is 12.5. The highest BCUT2D eigenvalue weighted by Crippen LogP contribution is 2.37. The third-order valence-corrected chi connectivity index (χ3v) is 6.97. The average Bonchev–Trinajstić information content (AvgIpc) is 2.89. The van der Waals surface area contributed by atoms with Crippen LogP contribution in [0.2, 0.25) is 0 Å². The third-order valence-electron chi connectivity index (χ3n) is 6.97. The van der Waals surface area contributed by atoms with E-state index in [4.69, 9.17) is 34.2 Å². The van der Waals surface area contributed by atoms with Gasteiger partial charge in [-0.15, -0.1) is 0 Å². The molecule has 0 aliphatic rings. The predicted octanol–water partition coefficient (Wildman–Crippen LogP) is 6.03. The van der Waals surface area contributed by atoms with E-state index in [9.17, 15) is 24.3 Å². The van der Waals surface area contributed by atoms with Crippen LogP contribution in [0.3, 0.4) is 0 Å². The van der Waals surface area contributed by atoms with Gasteiger partial charge in [-0.3, -0.25) is 4.79 Å². The molecule has 41 heavy (non-hydrogen) atoms. The van der Waals surface area contributed by atoms with E-state index >= 15 is 0 Å². The fourth-order valence-electron chi connectivity index (χ4n) is 3.48. The zero-order valence-corrected chi connectivity index (χ0v) is 25.4. The molecule has 1 aromatic rings. The molecule has 0 spiro atoms. The summed E-state index contributed by atoms with van der Waals surface area (Å²) in [6.45, 7) is 15.8. The summed E-state index contributed by atoms with van der Waals surface area (Å²) < 4.78 is 31.7. The fraction of sp³-hybridized carbons (Fsp3) is 0.655. The largest absolute Gasteiger partial charge is 0.514 e. The van der Waals surface area contributed by atoms with Gasteiger partial charge in [-0.1, -0.05) is 40.7 Å². The second-order valence-electron chi connectivity index (χ2n) is 10.5. The van der Waals surface area contributed by atoms with Gasteiger partial charge in [0.25, 0.3) is 0 Å². The number of carbonyl (C=O) groups excluding carboxylic acids is 3. The first kappa shape index (κ1) is 35.5. The molecule has 0 radical (unpaired) electrons. The number of nitrogens with two attached hydrogens (primary N) is 1. The molecule has 0 saturated heterocycles. The molecular weight excluding hydrogens is 538 g/mol. The minimum atomic E-state index is -1.44. The Morgan fingerprint density at radius 1 is 0.732 bits per heavy atom. The highest BCUT2D eigenvalue weighted by Gasteiger charge is 2.36. The molecule has 12 heteroatoms. The molecule has 0 saturated carbocycles. The first-order chi connectivity index (χ1) is 19.1. The lowest BCUT2D eigenvalue weighted by atomic mass is 9.79. The summed E-state index contributed by atoms with van der Waals surface area (Å²) >= 11 is 0.